The number of carbonyl (C=O) groups is 1. The average Bonchev–Trinajstić information content (AvgIpc) is 3.32. The third-order valence-electron chi connectivity index (χ3n) is 6.01. The maximum Gasteiger partial charge on any atom is 0.255 e. The molecule has 1 aliphatic heterocycles. The molecule has 0 radical (unpaired) electrons. The Bertz CT molecular complexity index is 1410. The first-order chi connectivity index (χ1) is 16.5. The quantitative estimate of drug-likeness (QED) is 0.493. The first-order valence-electron chi connectivity index (χ1n) is 11.1. The summed E-state index contributed by atoms with van der Waals surface area (Å²) in [7, 11) is 1.61. The van der Waals surface area contributed by atoms with Crippen LogP contribution in [0, 0.1) is 6.92 Å². The van der Waals surface area contributed by atoms with E-state index >= 15 is 0 Å². The van der Waals surface area contributed by atoms with E-state index in [-0.39, 0.29) is 17.6 Å². The van der Waals surface area contributed by atoms with Crippen molar-refractivity contribution < 1.29 is 14.3 Å². The third kappa shape index (κ3) is 4.22. The van der Waals surface area contributed by atoms with Gasteiger partial charge in [-0.05, 0) is 48.9 Å². The van der Waals surface area contributed by atoms with Gasteiger partial charge in [0.15, 0.2) is 0 Å². The Balaban J connectivity index is 1.36. The van der Waals surface area contributed by atoms with Crippen LogP contribution in [-0.2, 0) is 0 Å². The van der Waals surface area contributed by atoms with Crippen LogP contribution in [0.3, 0.4) is 0 Å². The summed E-state index contributed by atoms with van der Waals surface area (Å²) in [6, 6.07) is 12.8. The van der Waals surface area contributed by atoms with E-state index in [1.807, 2.05) is 37.3 Å². The molecule has 0 saturated carbocycles. The van der Waals surface area contributed by atoms with Crippen molar-refractivity contribution in [2.24, 2.45) is 0 Å². The van der Waals surface area contributed by atoms with Crippen molar-refractivity contribution >= 4 is 16.8 Å². The first kappa shape index (κ1) is 21.6. The molecule has 8 nitrogen and oxygen atoms in total. The minimum Gasteiger partial charge on any atom is -0.488 e. The Morgan fingerprint density at radius 3 is 2.79 bits per heavy atom. The standard InChI is InChI=1S/C26H24N4O4/c1-16-11-18(14-29-25(16)33-2)21-7-9-27-23-5-4-19(12-22(21)23)34-20-8-10-30(15-20)26(32)17-3-6-24(31)28-13-17/h3-7,9,11-14,20H,8,10,15H2,1-2H3,(H,28,31). The molecule has 1 unspecified atom stereocenters. The molecule has 1 aliphatic rings. The lowest BCUT2D eigenvalue weighted by molar-refractivity contribution is 0.0772. The number of amides is 1. The number of aromatic amines is 1. The zero-order valence-electron chi connectivity index (χ0n) is 18.9. The zero-order chi connectivity index (χ0) is 23.7. The Hall–Kier alpha value is -4.20. The van der Waals surface area contributed by atoms with Crippen LogP contribution in [0.15, 0.2) is 65.8 Å². The molecule has 1 N–H and O–H groups in total. The van der Waals surface area contributed by atoms with E-state index < -0.39 is 0 Å². The van der Waals surface area contributed by atoms with Gasteiger partial charge in [-0.3, -0.25) is 14.6 Å². The predicted molar refractivity (Wildman–Crippen MR) is 128 cm³/mol. The maximum atomic E-state index is 12.7. The van der Waals surface area contributed by atoms with E-state index in [0.717, 1.165) is 39.8 Å². The van der Waals surface area contributed by atoms with Gasteiger partial charge in [0.2, 0.25) is 11.4 Å². The lowest BCUT2D eigenvalue weighted by Crippen LogP contribution is -2.31. The van der Waals surface area contributed by atoms with Crippen LogP contribution in [0.25, 0.3) is 22.0 Å². The van der Waals surface area contributed by atoms with Crippen molar-refractivity contribution in [3.05, 3.63) is 82.5 Å². The van der Waals surface area contributed by atoms with Crippen molar-refractivity contribution in [1.82, 2.24) is 19.9 Å². The summed E-state index contributed by atoms with van der Waals surface area (Å²) in [6.07, 6.45) is 5.65. The van der Waals surface area contributed by atoms with Gasteiger partial charge in [0.05, 0.1) is 24.7 Å². The van der Waals surface area contributed by atoms with Crippen molar-refractivity contribution in [2.45, 2.75) is 19.4 Å². The van der Waals surface area contributed by atoms with Crippen molar-refractivity contribution in [3.63, 3.8) is 0 Å². The molecule has 4 aromatic rings. The number of likely N-dealkylation sites (tertiary alicyclic amines) is 1. The molecule has 1 amide bonds. The summed E-state index contributed by atoms with van der Waals surface area (Å²) in [6.45, 7) is 3.05. The number of carbonyl (C=O) groups excluding carboxylic acids is 1. The van der Waals surface area contributed by atoms with Crippen LogP contribution in [-0.4, -0.2) is 52.1 Å². The number of nitrogens with one attached hydrogen (secondary N) is 1. The highest BCUT2D eigenvalue weighted by molar-refractivity contribution is 5.95. The van der Waals surface area contributed by atoms with Crippen LogP contribution in [0.4, 0.5) is 0 Å². The number of pyridine rings is 3. The van der Waals surface area contributed by atoms with Crippen LogP contribution >= 0.6 is 0 Å². The van der Waals surface area contributed by atoms with Gasteiger partial charge < -0.3 is 19.4 Å². The fraction of sp³-hybridized carbons (Fsp3) is 0.231. The monoisotopic (exact) mass is 456 g/mol. The molecule has 5 rings (SSSR count). The fourth-order valence-corrected chi connectivity index (χ4v) is 4.30. The van der Waals surface area contributed by atoms with Gasteiger partial charge >= 0.3 is 0 Å². The van der Waals surface area contributed by atoms with E-state index in [4.69, 9.17) is 9.47 Å². The average molecular weight is 457 g/mol. The maximum absolute atomic E-state index is 12.7. The summed E-state index contributed by atoms with van der Waals surface area (Å²) >= 11 is 0. The smallest absolute Gasteiger partial charge is 0.255 e. The molecule has 0 aliphatic carbocycles. The summed E-state index contributed by atoms with van der Waals surface area (Å²) in [4.78, 5) is 37.2. The Kier molecular flexibility index (Phi) is 5.71. The number of benzene rings is 1. The molecule has 0 bridgehead atoms. The van der Waals surface area contributed by atoms with E-state index in [9.17, 15) is 9.59 Å². The summed E-state index contributed by atoms with van der Waals surface area (Å²) < 4.78 is 11.5. The normalized spacial score (nSPS) is 15.5. The molecule has 34 heavy (non-hydrogen) atoms. The van der Waals surface area contributed by atoms with Gasteiger partial charge in [0.25, 0.3) is 5.91 Å². The van der Waals surface area contributed by atoms with Gasteiger partial charge in [0.1, 0.15) is 11.9 Å². The van der Waals surface area contributed by atoms with Gasteiger partial charge in [-0.2, -0.15) is 0 Å². The molecule has 172 valence electrons. The molecule has 0 spiro atoms. The highest BCUT2D eigenvalue weighted by Gasteiger charge is 2.28. The molecule has 8 heteroatoms. The van der Waals surface area contributed by atoms with Crippen LogP contribution in [0.1, 0.15) is 22.3 Å². The fourth-order valence-electron chi connectivity index (χ4n) is 4.30. The molecule has 1 aromatic carbocycles. The number of hydrogen-bond acceptors (Lipinski definition) is 6. The van der Waals surface area contributed by atoms with Crippen LogP contribution < -0.4 is 15.0 Å². The number of methoxy groups -OCH3 is 1. The van der Waals surface area contributed by atoms with Crippen LogP contribution in [0.5, 0.6) is 11.6 Å². The second-order valence-electron chi connectivity index (χ2n) is 8.31. The lowest BCUT2D eigenvalue weighted by atomic mass is 10.0. The Morgan fingerprint density at radius 2 is 2.03 bits per heavy atom. The molecular formula is C26H24N4O4. The number of fused-ring (bicyclic) bond motifs is 1. The topological polar surface area (TPSA) is 97.4 Å². The highest BCUT2D eigenvalue weighted by atomic mass is 16.5. The summed E-state index contributed by atoms with van der Waals surface area (Å²) in [5.41, 5.74) is 4.03. The van der Waals surface area contributed by atoms with Crippen molar-refractivity contribution in [3.8, 4) is 22.8 Å². The van der Waals surface area contributed by atoms with Gasteiger partial charge in [-0.1, -0.05) is 0 Å². The SMILES string of the molecule is COc1ncc(-c2ccnc3ccc(OC4CCN(C(=O)c5ccc(=O)[nH]c5)C4)cc23)cc1C. The number of aryl methyl sites for hydroxylation is 1. The number of ether oxygens (including phenoxy) is 2. The van der Waals surface area contributed by atoms with Gasteiger partial charge in [0, 0.05) is 54.1 Å². The van der Waals surface area contributed by atoms with E-state index in [0.29, 0.717) is 24.5 Å². The Morgan fingerprint density at radius 1 is 1.15 bits per heavy atom. The molecule has 4 heterocycles. The van der Waals surface area contributed by atoms with E-state index in [2.05, 4.69) is 15.0 Å². The highest BCUT2D eigenvalue weighted by Crippen LogP contribution is 2.32. The minimum absolute atomic E-state index is 0.116. The van der Waals surface area contributed by atoms with Gasteiger partial charge in [-0.25, -0.2) is 4.98 Å². The predicted octanol–water partition coefficient (Wildman–Crippen LogP) is 3.60. The molecule has 1 fully saturated rings. The lowest BCUT2D eigenvalue weighted by Gasteiger charge is -2.18. The third-order valence-corrected chi connectivity index (χ3v) is 6.01. The minimum atomic E-state index is -0.232. The summed E-state index contributed by atoms with van der Waals surface area (Å²) in [5, 5.41) is 0.963. The number of nitrogens with zero attached hydrogens (tertiary/aromatic N) is 3. The summed E-state index contributed by atoms with van der Waals surface area (Å²) in [5.74, 6) is 1.21. The second kappa shape index (κ2) is 8.97. The molecule has 1 saturated heterocycles. The number of aromatic nitrogens is 3. The van der Waals surface area contributed by atoms with Crippen molar-refractivity contribution in [1.29, 1.82) is 0 Å². The van der Waals surface area contributed by atoms with E-state index in [1.165, 1.54) is 12.3 Å². The largest absolute Gasteiger partial charge is 0.488 e. The second-order valence-corrected chi connectivity index (χ2v) is 8.31. The molecular weight excluding hydrogens is 432 g/mol. The van der Waals surface area contributed by atoms with Gasteiger partial charge in [-0.15, -0.1) is 0 Å². The van der Waals surface area contributed by atoms with Crippen LogP contribution in [0.2, 0.25) is 0 Å². The zero-order valence-corrected chi connectivity index (χ0v) is 18.9. The number of H-pyrrole nitrogens is 1. The number of hydrogen-bond donors (Lipinski definition) is 1. The first-order valence-corrected chi connectivity index (χ1v) is 11.1. The molecule has 3 aromatic heterocycles. The van der Waals surface area contributed by atoms with Crippen molar-refractivity contribution in [2.75, 3.05) is 20.2 Å². The van der Waals surface area contributed by atoms with E-state index in [1.54, 1.807) is 30.5 Å². The Labute approximate surface area is 196 Å². The molecule has 1 atom stereocenters. The number of rotatable bonds is 5.